The third-order valence-corrected chi connectivity index (χ3v) is 6.46. The highest BCUT2D eigenvalue weighted by atomic mass is 19.1. The van der Waals surface area contributed by atoms with Crippen molar-refractivity contribution < 1.29 is 51.5 Å². The van der Waals surface area contributed by atoms with E-state index in [1.807, 2.05) is 0 Å². The average molecular weight is 470 g/mol. The van der Waals surface area contributed by atoms with Gasteiger partial charge in [0.15, 0.2) is 0 Å². The van der Waals surface area contributed by atoms with Crippen LogP contribution < -0.4 is 0 Å². The Balaban J connectivity index is 6.73. The van der Waals surface area contributed by atoms with Crippen LogP contribution >= 0.6 is 0 Å². The van der Waals surface area contributed by atoms with E-state index in [0.717, 1.165) is 0 Å². The van der Waals surface area contributed by atoms with Crippen LogP contribution in [0.25, 0.3) is 0 Å². The average Bonchev–Trinajstić information content (AvgIpc) is 2.75. The first-order valence-corrected chi connectivity index (χ1v) is 10.3. The van der Waals surface area contributed by atoms with Crippen LogP contribution in [-0.4, -0.2) is 98.1 Å². The molecule has 1 unspecified atom stereocenters. The van der Waals surface area contributed by atoms with Crippen LogP contribution in [-0.2, 0) is 4.74 Å². The molecule has 0 rings (SSSR count). The summed E-state index contributed by atoms with van der Waals surface area (Å²) in [5.41, 5.74) is -8.48. The van der Waals surface area contributed by atoms with Crippen LogP contribution in [0.5, 0.6) is 0 Å². The molecule has 0 saturated heterocycles. The van der Waals surface area contributed by atoms with Gasteiger partial charge in [0.1, 0.15) is 11.2 Å². The number of hydrogen-bond donors (Lipinski definition) is 4. The van der Waals surface area contributed by atoms with Gasteiger partial charge in [-0.05, 0) is 19.3 Å². The van der Waals surface area contributed by atoms with Crippen molar-refractivity contribution in [2.24, 2.45) is 10.8 Å². The van der Waals surface area contributed by atoms with E-state index in [9.17, 15) is 46.8 Å². The molecule has 0 saturated carbocycles. The van der Waals surface area contributed by atoms with Crippen LogP contribution in [0.15, 0.2) is 0 Å². The molecular formula is C20H36F6O5. The molecule has 0 aliphatic rings. The van der Waals surface area contributed by atoms with E-state index in [1.165, 1.54) is 0 Å². The summed E-state index contributed by atoms with van der Waals surface area (Å²) in [5, 5.41) is 40.3. The van der Waals surface area contributed by atoms with Crippen molar-refractivity contribution in [2.45, 2.75) is 49.7 Å². The Morgan fingerprint density at radius 2 is 0.903 bits per heavy atom. The highest BCUT2D eigenvalue weighted by Crippen LogP contribution is 2.54. The minimum absolute atomic E-state index is 0.605. The molecule has 0 spiro atoms. The number of hydrogen-bond acceptors (Lipinski definition) is 5. The molecule has 0 aromatic carbocycles. The fraction of sp³-hybridized carbons (Fsp3) is 1.00. The molecule has 5 nitrogen and oxygen atoms in total. The second-order valence-corrected chi connectivity index (χ2v) is 8.03. The maximum absolute atomic E-state index is 13.6. The topological polar surface area (TPSA) is 90.2 Å². The second kappa shape index (κ2) is 14.5. The second-order valence-electron chi connectivity index (χ2n) is 8.03. The Kier molecular flexibility index (Phi) is 14.2. The summed E-state index contributed by atoms with van der Waals surface area (Å²) in [6.07, 6.45) is -4.10. The predicted octanol–water partition coefficient (Wildman–Crippen LogP) is 2.58. The lowest BCUT2D eigenvalue weighted by molar-refractivity contribution is -0.269. The van der Waals surface area contributed by atoms with Gasteiger partial charge < -0.3 is 25.2 Å². The lowest BCUT2D eigenvalue weighted by Crippen LogP contribution is -2.67. The van der Waals surface area contributed by atoms with E-state index in [0.29, 0.717) is 0 Å². The largest absolute Gasteiger partial charge is 0.396 e. The van der Waals surface area contributed by atoms with Crippen LogP contribution in [0.3, 0.4) is 0 Å². The molecule has 0 aliphatic heterocycles. The van der Waals surface area contributed by atoms with E-state index >= 15 is 0 Å². The Morgan fingerprint density at radius 3 is 1.19 bits per heavy atom. The first-order chi connectivity index (χ1) is 14.8. The van der Waals surface area contributed by atoms with E-state index in [1.54, 1.807) is 0 Å². The minimum Gasteiger partial charge on any atom is -0.396 e. The number of aliphatic hydroxyl groups is 4. The highest BCUT2D eigenvalue weighted by molar-refractivity contribution is 5.12. The SMILES string of the molecule is OCC(CO)(CO)COC(CCF)(CCF)C(O)(CCF)C(CCF)(CCF)CCF. The molecule has 0 aliphatic carbocycles. The predicted molar refractivity (Wildman–Crippen MR) is 103 cm³/mol. The van der Waals surface area contributed by atoms with Gasteiger partial charge in [0.2, 0.25) is 0 Å². The lowest BCUT2D eigenvalue weighted by Gasteiger charge is -2.57. The van der Waals surface area contributed by atoms with Crippen LogP contribution in [0.1, 0.15) is 38.5 Å². The van der Waals surface area contributed by atoms with Gasteiger partial charge in [0.05, 0.1) is 71.9 Å². The van der Waals surface area contributed by atoms with E-state index < -0.39 is 127 Å². The summed E-state index contributed by atoms with van der Waals surface area (Å²) in [7, 11) is 0. The third kappa shape index (κ3) is 6.69. The smallest absolute Gasteiger partial charge is 0.102 e. The minimum atomic E-state index is -2.59. The van der Waals surface area contributed by atoms with Gasteiger partial charge >= 0.3 is 0 Å². The summed E-state index contributed by atoms with van der Waals surface area (Å²) in [5.74, 6) is 0. The van der Waals surface area contributed by atoms with Gasteiger partial charge in [0.25, 0.3) is 0 Å². The fourth-order valence-corrected chi connectivity index (χ4v) is 4.34. The summed E-state index contributed by atoms with van der Waals surface area (Å²) < 4.78 is 86.9. The quantitative estimate of drug-likeness (QED) is 0.206. The zero-order chi connectivity index (χ0) is 24.0. The van der Waals surface area contributed by atoms with Gasteiger partial charge in [-0.1, -0.05) is 0 Å². The zero-order valence-corrected chi connectivity index (χ0v) is 17.8. The molecule has 0 amide bonds. The molecule has 11 heteroatoms. The molecular weight excluding hydrogens is 434 g/mol. The van der Waals surface area contributed by atoms with Crippen molar-refractivity contribution in [3.63, 3.8) is 0 Å². The number of halogens is 6. The van der Waals surface area contributed by atoms with E-state index in [-0.39, 0.29) is 0 Å². The third-order valence-electron chi connectivity index (χ3n) is 6.46. The summed E-state index contributed by atoms with van der Waals surface area (Å²) in [6.45, 7) is -10.2. The zero-order valence-electron chi connectivity index (χ0n) is 17.8. The number of alkyl halides is 6. The van der Waals surface area contributed by atoms with Gasteiger partial charge in [-0.3, -0.25) is 26.3 Å². The first-order valence-electron chi connectivity index (χ1n) is 10.3. The molecule has 0 radical (unpaired) electrons. The van der Waals surface area contributed by atoms with Crippen molar-refractivity contribution in [3.8, 4) is 0 Å². The molecule has 31 heavy (non-hydrogen) atoms. The molecule has 0 fully saturated rings. The Morgan fingerprint density at radius 1 is 0.548 bits per heavy atom. The molecule has 1 atom stereocenters. The Hall–Kier alpha value is -0.620. The van der Waals surface area contributed by atoms with Gasteiger partial charge in [-0.2, -0.15) is 0 Å². The number of aliphatic hydroxyl groups excluding tert-OH is 3. The van der Waals surface area contributed by atoms with Gasteiger partial charge in [-0.15, -0.1) is 0 Å². The molecule has 0 bridgehead atoms. The highest BCUT2D eigenvalue weighted by Gasteiger charge is 2.62. The summed E-state index contributed by atoms with van der Waals surface area (Å²) in [6, 6.07) is 0. The van der Waals surface area contributed by atoms with Crippen LogP contribution in [0, 0.1) is 10.8 Å². The molecule has 4 N–H and O–H groups in total. The number of rotatable bonds is 20. The number of ether oxygens (including phenoxy) is 1. The standard InChI is InChI=1S/C20H36F6O5/c21-7-1-18(2-8-22,3-9-23)20(30,6-12-26)19(4-10-24,5-11-25)31-16-17(13-27,14-28)15-29/h27-30H,1-16H2. The molecule has 0 aromatic rings. The van der Waals surface area contributed by atoms with Crippen molar-refractivity contribution in [1.82, 2.24) is 0 Å². The van der Waals surface area contributed by atoms with Crippen molar-refractivity contribution in [1.29, 1.82) is 0 Å². The molecule has 188 valence electrons. The molecule has 0 heterocycles. The summed E-state index contributed by atoms with van der Waals surface area (Å²) in [4.78, 5) is 0. The van der Waals surface area contributed by atoms with Crippen LogP contribution in [0.4, 0.5) is 26.3 Å². The van der Waals surface area contributed by atoms with E-state index in [2.05, 4.69) is 0 Å². The maximum atomic E-state index is 13.6. The normalized spacial score (nSPS) is 15.3. The fourth-order valence-electron chi connectivity index (χ4n) is 4.34. The Labute approximate surface area is 179 Å². The molecule has 0 aromatic heterocycles. The van der Waals surface area contributed by atoms with Crippen molar-refractivity contribution in [3.05, 3.63) is 0 Å². The van der Waals surface area contributed by atoms with Crippen LogP contribution in [0.2, 0.25) is 0 Å². The maximum Gasteiger partial charge on any atom is 0.102 e. The summed E-state index contributed by atoms with van der Waals surface area (Å²) >= 11 is 0. The lowest BCUT2D eigenvalue weighted by atomic mass is 9.56. The monoisotopic (exact) mass is 470 g/mol. The Bertz CT molecular complexity index is 438. The first kappa shape index (κ1) is 30.4. The van der Waals surface area contributed by atoms with Gasteiger partial charge in [0, 0.05) is 24.7 Å². The van der Waals surface area contributed by atoms with Crippen molar-refractivity contribution in [2.75, 3.05) is 66.5 Å². The van der Waals surface area contributed by atoms with E-state index in [4.69, 9.17) is 4.74 Å². The van der Waals surface area contributed by atoms with Crippen molar-refractivity contribution >= 4 is 0 Å². The van der Waals surface area contributed by atoms with Gasteiger partial charge in [-0.25, -0.2) is 0 Å².